The molecule has 0 atom stereocenters. The SMILES string of the molecule is CNc1ccncc1C(=O)Nc1c(F)cccc1Cl. The summed E-state index contributed by atoms with van der Waals surface area (Å²) in [6.07, 6.45) is 2.95. The standard InChI is InChI=1S/C13H11ClFN3O/c1-16-11-5-6-17-7-8(11)13(19)18-12-9(14)3-2-4-10(12)15/h2-7H,1H3,(H,16,17)(H,18,19). The van der Waals surface area contributed by atoms with Gasteiger partial charge in [0.25, 0.3) is 5.91 Å². The van der Waals surface area contributed by atoms with Gasteiger partial charge >= 0.3 is 0 Å². The monoisotopic (exact) mass is 279 g/mol. The molecule has 2 rings (SSSR count). The van der Waals surface area contributed by atoms with Crippen molar-refractivity contribution in [2.24, 2.45) is 0 Å². The normalized spacial score (nSPS) is 10.1. The van der Waals surface area contributed by atoms with Crippen LogP contribution in [-0.2, 0) is 0 Å². The van der Waals surface area contributed by atoms with E-state index in [1.165, 1.54) is 24.4 Å². The van der Waals surface area contributed by atoms with Gasteiger partial charge in [-0.2, -0.15) is 0 Å². The van der Waals surface area contributed by atoms with Crippen LogP contribution in [-0.4, -0.2) is 17.9 Å². The number of anilines is 2. The third-order valence-electron chi connectivity index (χ3n) is 2.54. The van der Waals surface area contributed by atoms with E-state index in [4.69, 9.17) is 11.6 Å². The van der Waals surface area contributed by atoms with Crippen molar-refractivity contribution in [2.45, 2.75) is 0 Å². The molecule has 0 unspecified atom stereocenters. The maximum Gasteiger partial charge on any atom is 0.259 e. The Morgan fingerprint density at radius 1 is 1.37 bits per heavy atom. The molecule has 0 aliphatic carbocycles. The van der Waals surface area contributed by atoms with E-state index in [0.717, 1.165) is 0 Å². The molecule has 2 N–H and O–H groups in total. The van der Waals surface area contributed by atoms with Crippen LogP contribution in [0, 0.1) is 5.82 Å². The predicted molar refractivity (Wildman–Crippen MR) is 73.1 cm³/mol. The van der Waals surface area contributed by atoms with Crippen LogP contribution in [0.5, 0.6) is 0 Å². The topological polar surface area (TPSA) is 54.0 Å². The number of pyridine rings is 1. The van der Waals surface area contributed by atoms with Crippen molar-refractivity contribution in [1.82, 2.24) is 4.98 Å². The first-order valence-electron chi connectivity index (χ1n) is 5.50. The third-order valence-corrected chi connectivity index (χ3v) is 2.85. The molecule has 1 aromatic heterocycles. The molecule has 0 aliphatic rings. The maximum atomic E-state index is 13.6. The lowest BCUT2D eigenvalue weighted by atomic mass is 10.2. The molecule has 1 heterocycles. The van der Waals surface area contributed by atoms with Gasteiger partial charge in [0.1, 0.15) is 5.82 Å². The van der Waals surface area contributed by atoms with Crippen LogP contribution in [0.15, 0.2) is 36.7 Å². The Morgan fingerprint density at radius 2 is 2.16 bits per heavy atom. The van der Waals surface area contributed by atoms with Gasteiger partial charge in [0, 0.05) is 25.1 Å². The number of carbonyl (C=O) groups is 1. The van der Waals surface area contributed by atoms with Crippen LogP contribution in [0.25, 0.3) is 0 Å². The Kier molecular flexibility index (Phi) is 3.97. The number of nitrogens with one attached hydrogen (secondary N) is 2. The van der Waals surface area contributed by atoms with Gasteiger partial charge in [-0.1, -0.05) is 17.7 Å². The van der Waals surface area contributed by atoms with E-state index in [2.05, 4.69) is 15.6 Å². The molecule has 4 nitrogen and oxygen atoms in total. The highest BCUT2D eigenvalue weighted by Gasteiger charge is 2.15. The highest BCUT2D eigenvalue weighted by atomic mass is 35.5. The summed E-state index contributed by atoms with van der Waals surface area (Å²) >= 11 is 5.85. The molecule has 0 spiro atoms. The van der Waals surface area contributed by atoms with Gasteiger partial charge in [-0.3, -0.25) is 9.78 Å². The van der Waals surface area contributed by atoms with Crippen molar-refractivity contribution < 1.29 is 9.18 Å². The molecule has 1 aromatic carbocycles. The molecular weight excluding hydrogens is 269 g/mol. The van der Waals surface area contributed by atoms with Gasteiger partial charge < -0.3 is 10.6 Å². The van der Waals surface area contributed by atoms with Crippen LogP contribution in [0.3, 0.4) is 0 Å². The maximum absolute atomic E-state index is 13.6. The molecule has 0 saturated carbocycles. The Hall–Kier alpha value is -2.14. The Bertz CT molecular complexity index is 598. The van der Waals surface area contributed by atoms with E-state index >= 15 is 0 Å². The first-order valence-corrected chi connectivity index (χ1v) is 5.88. The van der Waals surface area contributed by atoms with E-state index in [1.54, 1.807) is 19.3 Å². The van der Waals surface area contributed by atoms with Gasteiger partial charge in [-0.05, 0) is 18.2 Å². The quantitative estimate of drug-likeness (QED) is 0.907. The molecule has 0 bridgehead atoms. The number of benzene rings is 1. The van der Waals surface area contributed by atoms with E-state index in [0.29, 0.717) is 11.3 Å². The molecule has 19 heavy (non-hydrogen) atoms. The van der Waals surface area contributed by atoms with Gasteiger partial charge in [-0.25, -0.2) is 4.39 Å². The minimum atomic E-state index is -0.587. The highest BCUT2D eigenvalue weighted by Crippen LogP contribution is 2.25. The van der Waals surface area contributed by atoms with E-state index in [1.807, 2.05) is 0 Å². The van der Waals surface area contributed by atoms with E-state index in [-0.39, 0.29) is 10.7 Å². The zero-order chi connectivity index (χ0) is 13.8. The summed E-state index contributed by atoms with van der Waals surface area (Å²) in [7, 11) is 1.68. The molecule has 0 fully saturated rings. The summed E-state index contributed by atoms with van der Waals surface area (Å²) in [5, 5.41) is 5.45. The highest BCUT2D eigenvalue weighted by molar-refractivity contribution is 6.34. The Balaban J connectivity index is 2.31. The molecule has 0 saturated heterocycles. The number of rotatable bonds is 3. The van der Waals surface area contributed by atoms with Crippen LogP contribution in [0.2, 0.25) is 5.02 Å². The average Bonchev–Trinajstić information content (AvgIpc) is 2.42. The fraction of sp³-hybridized carbons (Fsp3) is 0.0769. The lowest BCUT2D eigenvalue weighted by molar-refractivity contribution is 0.102. The first kappa shape index (κ1) is 13.3. The van der Waals surface area contributed by atoms with E-state index < -0.39 is 11.7 Å². The molecular formula is C13H11ClFN3O. The lowest BCUT2D eigenvalue weighted by Crippen LogP contribution is -2.15. The molecule has 0 aliphatic heterocycles. The van der Waals surface area contributed by atoms with E-state index in [9.17, 15) is 9.18 Å². The number of carbonyl (C=O) groups excluding carboxylic acids is 1. The zero-order valence-electron chi connectivity index (χ0n) is 10.1. The van der Waals surface area contributed by atoms with Gasteiger partial charge in [0.2, 0.25) is 0 Å². The third kappa shape index (κ3) is 2.82. The molecule has 6 heteroatoms. The second-order valence-corrected chi connectivity index (χ2v) is 4.13. The van der Waals surface area contributed by atoms with Crippen molar-refractivity contribution in [3.8, 4) is 0 Å². The number of halogens is 2. The smallest absolute Gasteiger partial charge is 0.259 e. The average molecular weight is 280 g/mol. The van der Waals surface area contributed by atoms with Crippen LogP contribution < -0.4 is 10.6 Å². The fourth-order valence-corrected chi connectivity index (χ4v) is 1.80. The van der Waals surface area contributed by atoms with Gasteiger partial charge in [0.15, 0.2) is 0 Å². The number of nitrogens with zero attached hydrogens (tertiary/aromatic N) is 1. The van der Waals surface area contributed by atoms with Crippen molar-refractivity contribution in [1.29, 1.82) is 0 Å². The van der Waals surface area contributed by atoms with Crippen molar-refractivity contribution in [3.63, 3.8) is 0 Å². The minimum absolute atomic E-state index is 0.0416. The summed E-state index contributed by atoms with van der Waals surface area (Å²) < 4.78 is 13.6. The van der Waals surface area contributed by atoms with Crippen molar-refractivity contribution in [2.75, 3.05) is 17.7 Å². The summed E-state index contributed by atoms with van der Waals surface area (Å²) in [6, 6.07) is 5.85. The molecule has 1 amide bonds. The second kappa shape index (κ2) is 5.67. The Morgan fingerprint density at radius 3 is 2.84 bits per heavy atom. The lowest BCUT2D eigenvalue weighted by Gasteiger charge is -2.10. The van der Waals surface area contributed by atoms with Crippen LogP contribution in [0.4, 0.5) is 15.8 Å². The minimum Gasteiger partial charge on any atom is -0.387 e. The molecule has 0 radical (unpaired) electrons. The van der Waals surface area contributed by atoms with Gasteiger partial charge in [0.05, 0.1) is 16.3 Å². The number of hydrogen-bond donors (Lipinski definition) is 2. The van der Waals surface area contributed by atoms with Crippen LogP contribution >= 0.6 is 11.6 Å². The summed E-state index contributed by atoms with van der Waals surface area (Å²) in [4.78, 5) is 16.0. The summed E-state index contributed by atoms with van der Waals surface area (Å²) in [6.45, 7) is 0. The van der Waals surface area contributed by atoms with Crippen molar-refractivity contribution in [3.05, 3.63) is 53.1 Å². The number of hydrogen-bond acceptors (Lipinski definition) is 3. The van der Waals surface area contributed by atoms with Crippen molar-refractivity contribution >= 4 is 28.9 Å². The molecule has 98 valence electrons. The number of aromatic nitrogens is 1. The Labute approximate surface area is 114 Å². The largest absolute Gasteiger partial charge is 0.387 e. The van der Waals surface area contributed by atoms with Gasteiger partial charge in [-0.15, -0.1) is 0 Å². The summed E-state index contributed by atoms with van der Waals surface area (Å²) in [5.41, 5.74) is 0.865. The number of amides is 1. The van der Waals surface area contributed by atoms with Crippen LogP contribution in [0.1, 0.15) is 10.4 Å². The summed E-state index contributed by atoms with van der Waals surface area (Å²) in [5.74, 6) is -1.07. The molecule has 2 aromatic rings. The predicted octanol–water partition coefficient (Wildman–Crippen LogP) is 3.17. The number of para-hydroxylation sites is 1. The zero-order valence-corrected chi connectivity index (χ0v) is 10.8. The first-order chi connectivity index (χ1) is 9.13. The fourth-order valence-electron chi connectivity index (χ4n) is 1.59. The second-order valence-electron chi connectivity index (χ2n) is 3.72.